The molecule has 0 aromatic heterocycles. The van der Waals surface area contributed by atoms with Crippen molar-refractivity contribution in [1.82, 2.24) is 5.32 Å². The van der Waals surface area contributed by atoms with Gasteiger partial charge in [0.1, 0.15) is 0 Å². The molecule has 3 N–H and O–H groups in total. The summed E-state index contributed by atoms with van der Waals surface area (Å²) < 4.78 is 0. The first kappa shape index (κ1) is 10.5. The van der Waals surface area contributed by atoms with Crippen molar-refractivity contribution in [3.8, 4) is 0 Å². The minimum absolute atomic E-state index is 0.00884. The minimum atomic E-state index is -0.924. The summed E-state index contributed by atoms with van der Waals surface area (Å²) in [5.41, 5.74) is 0. The number of carbonyl (C=O) groups excluding carboxylic acids is 1. The third-order valence-corrected chi connectivity index (χ3v) is 1.17. The average Bonchev–Trinajstić information content (AvgIpc) is 1.99. The Morgan fingerprint density at radius 3 is 2.64 bits per heavy atom. The second-order valence-electron chi connectivity index (χ2n) is 1.99. The molecule has 4 nitrogen and oxygen atoms in total. The summed E-state index contributed by atoms with van der Waals surface area (Å²) in [6.45, 7) is 2.90. The van der Waals surface area contributed by atoms with E-state index >= 15 is 0 Å². The number of rotatable bonds is 4. The first-order valence-corrected chi connectivity index (χ1v) is 3.47. The van der Waals surface area contributed by atoms with E-state index in [0.29, 0.717) is 0 Å². The van der Waals surface area contributed by atoms with Crippen LogP contribution in [0.5, 0.6) is 0 Å². The number of aliphatic hydroxyl groups is 2. The maximum atomic E-state index is 10.7. The van der Waals surface area contributed by atoms with Crippen molar-refractivity contribution < 1.29 is 15.0 Å². The Kier molecular flexibility index (Phi) is 4.93. The molecule has 0 saturated heterocycles. The van der Waals surface area contributed by atoms with Crippen molar-refractivity contribution in [1.29, 1.82) is 0 Å². The van der Waals surface area contributed by atoms with Gasteiger partial charge in [-0.2, -0.15) is 0 Å². The van der Waals surface area contributed by atoms with Gasteiger partial charge in [0.05, 0.1) is 17.6 Å². The third-order valence-electron chi connectivity index (χ3n) is 0.971. The lowest BCUT2D eigenvalue weighted by molar-refractivity contribution is -0.117. The normalized spacial score (nSPS) is 12.3. The van der Waals surface area contributed by atoms with Gasteiger partial charge in [-0.1, -0.05) is 6.58 Å². The lowest BCUT2D eigenvalue weighted by Crippen LogP contribution is -2.33. The van der Waals surface area contributed by atoms with Crippen LogP contribution in [0.25, 0.3) is 0 Å². The molecule has 64 valence electrons. The van der Waals surface area contributed by atoms with Gasteiger partial charge in [0, 0.05) is 6.54 Å². The van der Waals surface area contributed by atoms with E-state index in [1.54, 1.807) is 0 Å². The number of hydrogen-bond donors (Lipinski definition) is 4. The highest BCUT2D eigenvalue weighted by Gasteiger charge is 2.05. The molecule has 5 heteroatoms. The monoisotopic (exact) mass is 177 g/mol. The highest BCUT2D eigenvalue weighted by atomic mass is 32.1. The molecule has 0 aromatic rings. The first-order valence-electron chi connectivity index (χ1n) is 3.03. The van der Waals surface area contributed by atoms with Crippen molar-refractivity contribution in [2.24, 2.45) is 0 Å². The first-order chi connectivity index (χ1) is 5.07. The lowest BCUT2D eigenvalue weighted by Gasteiger charge is -2.07. The molecule has 0 aliphatic carbocycles. The Labute approximate surface area is 70.3 Å². The van der Waals surface area contributed by atoms with Crippen LogP contribution in [0.4, 0.5) is 0 Å². The van der Waals surface area contributed by atoms with E-state index in [1.165, 1.54) is 0 Å². The average molecular weight is 177 g/mol. The van der Waals surface area contributed by atoms with E-state index in [9.17, 15) is 4.79 Å². The smallest absolute Gasteiger partial charge is 0.256 e. The SMILES string of the molecule is C=C(S)C(=O)NCC(O)CO. The minimum Gasteiger partial charge on any atom is -0.394 e. The molecule has 0 aliphatic rings. The topological polar surface area (TPSA) is 69.6 Å². The van der Waals surface area contributed by atoms with Crippen LogP contribution >= 0.6 is 12.6 Å². The molecule has 0 rings (SSSR count). The maximum absolute atomic E-state index is 10.7. The maximum Gasteiger partial charge on any atom is 0.256 e. The standard InChI is InChI=1S/C6H11NO3S/c1-4(11)6(10)7-2-5(9)3-8/h5,8-9,11H,1-3H2,(H,7,10). The van der Waals surface area contributed by atoms with Crippen LogP contribution in [0.3, 0.4) is 0 Å². The Hall–Kier alpha value is -0.520. The van der Waals surface area contributed by atoms with Crippen molar-refractivity contribution >= 4 is 18.5 Å². The summed E-state index contributed by atoms with van der Waals surface area (Å²) in [6.07, 6.45) is -0.924. The lowest BCUT2D eigenvalue weighted by atomic mass is 10.4. The van der Waals surface area contributed by atoms with E-state index in [-0.39, 0.29) is 18.1 Å². The van der Waals surface area contributed by atoms with Crippen LogP contribution in [0.15, 0.2) is 11.5 Å². The molecule has 0 aromatic carbocycles. The van der Waals surface area contributed by atoms with Gasteiger partial charge in [-0.15, -0.1) is 12.6 Å². The predicted molar refractivity (Wildman–Crippen MR) is 44.2 cm³/mol. The largest absolute Gasteiger partial charge is 0.394 e. The molecule has 0 bridgehead atoms. The van der Waals surface area contributed by atoms with Crippen molar-refractivity contribution in [3.05, 3.63) is 11.5 Å². The van der Waals surface area contributed by atoms with E-state index < -0.39 is 12.0 Å². The van der Waals surface area contributed by atoms with E-state index in [4.69, 9.17) is 10.2 Å². The fourth-order valence-electron chi connectivity index (χ4n) is 0.377. The summed E-state index contributed by atoms with van der Waals surface area (Å²) in [5, 5.41) is 19.4. The van der Waals surface area contributed by atoms with Gasteiger partial charge in [0.25, 0.3) is 5.91 Å². The van der Waals surface area contributed by atoms with Crippen LogP contribution < -0.4 is 5.32 Å². The van der Waals surface area contributed by atoms with Gasteiger partial charge in [0.2, 0.25) is 0 Å². The van der Waals surface area contributed by atoms with Crippen LogP contribution in [0.2, 0.25) is 0 Å². The second-order valence-corrected chi connectivity index (χ2v) is 2.53. The molecule has 1 atom stereocenters. The van der Waals surface area contributed by atoms with Crippen LogP contribution in [0, 0.1) is 0 Å². The molecule has 0 radical (unpaired) electrons. The quantitative estimate of drug-likeness (QED) is 0.325. The van der Waals surface area contributed by atoms with Gasteiger partial charge in [-0.05, 0) is 0 Å². The zero-order valence-electron chi connectivity index (χ0n) is 5.95. The summed E-state index contributed by atoms with van der Waals surface area (Å²) in [6, 6.07) is 0. The van der Waals surface area contributed by atoms with Crippen molar-refractivity contribution in [2.45, 2.75) is 6.10 Å². The molecule has 0 aliphatic heterocycles. The summed E-state index contributed by atoms with van der Waals surface area (Å²) in [4.78, 5) is 10.8. The Morgan fingerprint density at radius 2 is 2.27 bits per heavy atom. The van der Waals surface area contributed by atoms with Gasteiger partial charge < -0.3 is 15.5 Å². The Bertz CT molecular complexity index is 160. The molecule has 0 spiro atoms. The highest BCUT2D eigenvalue weighted by Crippen LogP contribution is 1.93. The van der Waals surface area contributed by atoms with E-state index in [2.05, 4.69) is 24.5 Å². The molecule has 1 amide bonds. The number of hydrogen-bond acceptors (Lipinski definition) is 4. The van der Waals surface area contributed by atoms with Crippen molar-refractivity contribution in [2.75, 3.05) is 13.2 Å². The molecular formula is C6H11NO3S. The summed E-state index contributed by atoms with van der Waals surface area (Å²) >= 11 is 3.67. The number of carbonyl (C=O) groups is 1. The molecular weight excluding hydrogens is 166 g/mol. The summed E-state index contributed by atoms with van der Waals surface area (Å²) in [5.74, 6) is -0.444. The molecule has 11 heavy (non-hydrogen) atoms. The number of nitrogens with one attached hydrogen (secondary N) is 1. The molecule has 0 heterocycles. The van der Waals surface area contributed by atoms with Crippen LogP contribution in [-0.2, 0) is 4.79 Å². The third kappa shape index (κ3) is 4.83. The van der Waals surface area contributed by atoms with E-state index in [1.807, 2.05) is 0 Å². The van der Waals surface area contributed by atoms with Gasteiger partial charge in [-0.25, -0.2) is 0 Å². The number of aliphatic hydroxyl groups excluding tert-OH is 2. The number of thiol groups is 1. The second kappa shape index (κ2) is 5.17. The van der Waals surface area contributed by atoms with E-state index in [0.717, 1.165) is 0 Å². The fraction of sp³-hybridized carbons (Fsp3) is 0.500. The zero-order valence-corrected chi connectivity index (χ0v) is 6.84. The molecule has 1 unspecified atom stereocenters. The molecule has 0 fully saturated rings. The molecule has 0 saturated carbocycles. The predicted octanol–water partition coefficient (Wildman–Crippen LogP) is -1.10. The number of amides is 1. The summed E-state index contributed by atoms with van der Waals surface area (Å²) in [7, 11) is 0. The zero-order chi connectivity index (χ0) is 8.85. The van der Waals surface area contributed by atoms with Crippen molar-refractivity contribution in [3.63, 3.8) is 0 Å². The van der Waals surface area contributed by atoms with Crippen LogP contribution in [0.1, 0.15) is 0 Å². The van der Waals surface area contributed by atoms with Gasteiger partial charge in [0.15, 0.2) is 0 Å². The van der Waals surface area contributed by atoms with Crippen LogP contribution in [-0.4, -0.2) is 35.4 Å². The Morgan fingerprint density at radius 1 is 1.73 bits per heavy atom. The van der Waals surface area contributed by atoms with Gasteiger partial charge >= 0.3 is 0 Å². The fourth-order valence-corrected chi connectivity index (χ4v) is 0.456. The highest BCUT2D eigenvalue weighted by molar-refractivity contribution is 7.85. The van der Waals surface area contributed by atoms with Gasteiger partial charge in [-0.3, -0.25) is 4.79 Å². The Balaban J connectivity index is 3.54.